The number of alkyl halides is 1. The minimum atomic E-state index is -0.327. The number of carbonyl (C=O) groups is 1. The van der Waals surface area contributed by atoms with Gasteiger partial charge in [-0.1, -0.05) is 12.1 Å². The number of pyridine rings is 1. The normalized spacial score (nSPS) is 15.9. The molecule has 5 rings (SSSR count). The molecule has 0 spiro atoms. The van der Waals surface area contributed by atoms with Crippen molar-refractivity contribution in [1.82, 2.24) is 25.2 Å². The lowest BCUT2D eigenvalue weighted by Gasteiger charge is -2.32. The molecule has 2 aromatic heterocycles. The summed E-state index contributed by atoms with van der Waals surface area (Å²) in [6.07, 6.45) is 9.49. The summed E-state index contributed by atoms with van der Waals surface area (Å²) in [6.45, 7) is 2.60. The van der Waals surface area contributed by atoms with Crippen LogP contribution in [0.3, 0.4) is 0 Å². The maximum absolute atomic E-state index is 12.6. The average molecular weight is 487 g/mol. The number of aromatic nitrogens is 3. The van der Waals surface area contributed by atoms with Gasteiger partial charge in [-0.2, -0.15) is 0 Å². The van der Waals surface area contributed by atoms with Crippen molar-refractivity contribution < 1.29 is 9.18 Å². The van der Waals surface area contributed by atoms with E-state index in [9.17, 15) is 9.18 Å². The second-order valence-electron chi connectivity index (χ2n) is 9.02. The van der Waals surface area contributed by atoms with Gasteiger partial charge < -0.3 is 15.5 Å². The molecule has 1 aromatic carbocycles. The first kappa shape index (κ1) is 23.9. The summed E-state index contributed by atoms with van der Waals surface area (Å²) in [5, 5.41) is 10.2. The van der Waals surface area contributed by atoms with E-state index < -0.39 is 0 Å². The van der Waals surface area contributed by atoms with E-state index in [4.69, 9.17) is 4.98 Å². The Morgan fingerprint density at radius 2 is 1.86 bits per heavy atom. The molecule has 1 saturated heterocycles. The largest absolute Gasteiger partial charge is 0.357 e. The molecular weight excluding hydrogens is 457 g/mol. The molecule has 3 aromatic rings. The van der Waals surface area contributed by atoms with Gasteiger partial charge in [-0.15, -0.1) is 0 Å². The fraction of sp³-hybridized carbons (Fsp3) is 0.333. The maximum atomic E-state index is 12.6. The summed E-state index contributed by atoms with van der Waals surface area (Å²) in [5.74, 6) is 1.15. The topological polar surface area (TPSA) is 97.1 Å². The maximum Gasteiger partial charge on any atom is 0.281 e. The number of rotatable bonds is 8. The number of benzene rings is 1. The molecule has 36 heavy (non-hydrogen) atoms. The Labute approximate surface area is 210 Å². The predicted octanol–water partition coefficient (Wildman–Crippen LogP) is 4.59. The number of fused-ring (bicyclic) bond motifs is 1. The third-order valence-corrected chi connectivity index (χ3v) is 6.72. The summed E-state index contributed by atoms with van der Waals surface area (Å²) in [4.78, 5) is 28.3. The van der Waals surface area contributed by atoms with E-state index in [2.05, 4.69) is 43.0 Å². The van der Waals surface area contributed by atoms with Gasteiger partial charge in [0.1, 0.15) is 5.82 Å². The smallest absolute Gasteiger partial charge is 0.281 e. The van der Waals surface area contributed by atoms with Crippen LogP contribution in [0.1, 0.15) is 46.7 Å². The Hall–Kier alpha value is -3.85. The Morgan fingerprint density at radius 1 is 1.11 bits per heavy atom. The third kappa shape index (κ3) is 5.21. The van der Waals surface area contributed by atoms with Crippen molar-refractivity contribution in [2.24, 2.45) is 0 Å². The zero-order chi connectivity index (χ0) is 24.9. The van der Waals surface area contributed by atoms with Crippen LogP contribution in [0.4, 0.5) is 21.8 Å². The molecule has 0 bridgehead atoms. The molecule has 2 N–H and O–H groups in total. The minimum absolute atomic E-state index is 0.248. The lowest BCUT2D eigenvalue weighted by molar-refractivity contribution is 0.0965. The van der Waals surface area contributed by atoms with Crippen LogP contribution in [0.2, 0.25) is 0 Å². The quantitative estimate of drug-likeness (QED) is 0.481. The first-order valence-corrected chi connectivity index (χ1v) is 12.3. The van der Waals surface area contributed by atoms with Crippen LogP contribution in [-0.4, -0.2) is 59.1 Å². The molecule has 2 aliphatic rings. The Morgan fingerprint density at radius 3 is 2.56 bits per heavy atom. The van der Waals surface area contributed by atoms with E-state index in [1.165, 1.54) is 11.8 Å². The van der Waals surface area contributed by atoms with Crippen molar-refractivity contribution in [1.29, 1.82) is 0 Å². The molecule has 1 fully saturated rings. The Bertz CT molecular complexity index is 1240. The molecule has 0 atom stereocenters. The molecule has 0 saturated carbocycles. The van der Waals surface area contributed by atoms with Crippen molar-refractivity contribution in [2.45, 2.75) is 25.2 Å². The van der Waals surface area contributed by atoms with Gasteiger partial charge in [-0.05, 0) is 73.7 Å². The average Bonchev–Trinajstić information content (AvgIpc) is 2.92. The number of hydrogen-bond acceptors (Lipinski definition) is 7. The van der Waals surface area contributed by atoms with Crippen LogP contribution in [0.15, 0.2) is 48.9 Å². The van der Waals surface area contributed by atoms with E-state index in [1.54, 1.807) is 25.5 Å². The van der Waals surface area contributed by atoms with Gasteiger partial charge in [-0.25, -0.2) is 20.3 Å². The molecular formula is C27H29FN7O. The standard InChI is InChI=1S/C27H29FN7O/c1-29-27-31-16-21(17-32-27)23-15-20-7-11-30-26(36)24(20)25(34-23)33-22-5-3-18(4-6-22)19-8-13-35(14-9-19)12-2-10-28/h3-7,11,15-17,19H,2,8-10,12-14H2,1H3,(H,33,34)(H,29,31,32). The SMILES string of the molecule is CNc1ncc(-c2cc3c(c(Nc4ccc(C5CCN(CCCF)CC5)cc4)n2)C(=O)[N]C=C3)cn1. The zero-order valence-corrected chi connectivity index (χ0v) is 20.2. The van der Waals surface area contributed by atoms with E-state index in [0.717, 1.165) is 49.3 Å². The second kappa shape index (κ2) is 10.8. The van der Waals surface area contributed by atoms with Crippen molar-refractivity contribution in [3.63, 3.8) is 0 Å². The number of nitrogens with zero attached hydrogens (tertiary/aromatic N) is 5. The number of halogens is 1. The number of carbonyl (C=O) groups excluding carboxylic acids is 1. The second-order valence-corrected chi connectivity index (χ2v) is 9.02. The van der Waals surface area contributed by atoms with Gasteiger partial charge in [0, 0.05) is 43.4 Å². The fourth-order valence-corrected chi connectivity index (χ4v) is 4.75. The predicted molar refractivity (Wildman–Crippen MR) is 139 cm³/mol. The van der Waals surface area contributed by atoms with Crippen molar-refractivity contribution in [3.8, 4) is 11.3 Å². The van der Waals surface area contributed by atoms with Gasteiger partial charge in [0.25, 0.3) is 5.91 Å². The van der Waals surface area contributed by atoms with Crippen LogP contribution < -0.4 is 16.0 Å². The summed E-state index contributed by atoms with van der Waals surface area (Å²) in [5.41, 5.74) is 4.74. The summed E-state index contributed by atoms with van der Waals surface area (Å²) in [7, 11) is 1.76. The van der Waals surface area contributed by atoms with Crippen molar-refractivity contribution in [2.75, 3.05) is 44.0 Å². The van der Waals surface area contributed by atoms with Crippen molar-refractivity contribution >= 4 is 29.4 Å². The molecule has 1 radical (unpaired) electrons. The number of amides is 1. The van der Waals surface area contributed by atoms with Crippen LogP contribution in [0.5, 0.6) is 0 Å². The molecule has 185 valence electrons. The van der Waals surface area contributed by atoms with Crippen LogP contribution in [-0.2, 0) is 0 Å². The minimum Gasteiger partial charge on any atom is -0.357 e. The van der Waals surface area contributed by atoms with Crippen LogP contribution in [0, 0.1) is 0 Å². The lowest BCUT2D eigenvalue weighted by Crippen LogP contribution is -2.33. The number of nitrogens with one attached hydrogen (secondary N) is 2. The summed E-state index contributed by atoms with van der Waals surface area (Å²) < 4.78 is 12.5. The number of anilines is 3. The fourth-order valence-electron chi connectivity index (χ4n) is 4.75. The first-order valence-electron chi connectivity index (χ1n) is 12.3. The molecule has 2 aliphatic heterocycles. The molecule has 1 amide bonds. The summed E-state index contributed by atoms with van der Waals surface area (Å²) >= 11 is 0. The van der Waals surface area contributed by atoms with Crippen LogP contribution in [0.25, 0.3) is 17.3 Å². The first-order chi connectivity index (χ1) is 17.6. The molecule has 0 unspecified atom stereocenters. The number of piperidine rings is 1. The monoisotopic (exact) mass is 486 g/mol. The van der Waals surface area contributed by atoms with Gasteiger partial charge >= 0.3 is 0 Å². The van der Waals surface area contributed by atoms with Gasteiger partial charge in [0.15, 0.2) is 0 Å². The Balaban J connectivity index is 1.36. The molecule has 8 nitrogen and oxygen atoms in total. The number of hydrogen-bond donors (Lipinski definition) is 2. The molecule has 4 heterocycles. The Kier molecular flexibility index (Phi) is 7.18. The lowest BCUT2D eigenvalue weighted by atomic mass is 9.89. The van der Waals surface area contributed by atoms with Gasteiger partial charge in [-0.3, -0.25) is 9.18 Å². The summed E-state index contributed by atoms with van der Waals surface area (Å²) in [6, 6.07) is 10.2. The highest BCUT2D eigenvalue weighted by Gasteiger charge is 2.23. The van der Waals surface area contributed by atoms with Gasteiger partial charge in [0.05, 0.1) is 17.9 Å². The highest BCUT2D eigenvalue weighted by molar-refractivity contribution is 6.05. The van der Waals surface area contributed by atoms with E-state index in [-0.39, 0.29) is 12.6 Å². The van der Waals surface area contributed by atoms with Crippen LogP contribution >= 0.6 is 0 Å². The number of likely N-dealkylation sites (tertiary alicyclic amines) is 1. The van der Waals surface area contributed by atoms with E-state index in [0.29, 0.717) is 35.4 Å². The molecule has 0 aliphatic carbocycles. The molecule has 9 heteroatoms. The zero-order valence-electron chi connectivity index (χ0n) is 20.2. The van der Waals surface area contributed by atoms with E-state index in [1.807, 2.05) is 18.2 Å². The van der Waals surface area contributed by atoms with E-state index >= 15 is 0 Å². The highest BCUT2D eigenvalue weighted by atomic mass is 19.1. The highest BCUT2D eigenvalue weighted by Crippen LogP contribution is 2.32. The van der Waals surface area contributed by atoms with Gasteiger partial charge in [0.2, 0.25) is 5.95 Å². The van der Waals surface area contributed by atoms with Crippen molar-refractivity contribution in [3.05, 3.63) is 65.6 Å². The third-order valence-electron chi connectivity index (χ3n) is 6.72.